The summed E-state index contributed by atoms with van der Waals surface area (Å²) in [6, 6.07) is 17.5. The average Bonchev–Trinajstić information content (AvgIpc) is 3.06. The molecule has 0 aliphatic rings. The molecule has 0 fully saturated rings. The molecule has 6 heteroatoms. The van der Waals surface area contributed by atoms with Crippen LogP contribution in [0, 0.1) is 0 Å². The van der Waals surface area contributed by atoms with Crippen molar-refractivity contribution in [3.8, 4) is 11.4 Å². The van der Waals surface area contributed by atoms with Gasteiger partial charge >= 0.3 is 0 Å². The maximum atomic E-state index is 5.16. The first kappa shape index (κ1) is 14.2. The molecule has 2 aromatic heterocycles. The van der Waals surface area contributed by atoms with Crippen LogP contribution in [0.2, 0.25) is 0 Å². The number of aromatic nitrogens is 4. The molecule has 0 bridgehead atoms. The van der Waals surface area contributed by atoms with E-state index < -0.39 is 0 Å². The normalized spacial score (nSPS) is 10.7. The van der Waals surface area contributed by atoms with E-state index in [0.717, 1.165) is 28.3 Å². The molecule has 0 aliphatic heterocycles. The fourth-order valence-electron chi connectivity index (χ4n) is 2.45. The molecule has 0 unspecified atom stereocenters. The van der Waals surface area contributed by atoms with Gasteiger partial charge in [-0.1, -0.05) is 18.2 Å². The molecule has 118 valence electrons. The van der Waals surface area contributed by atoms with E-state index in [9.17, 15) is 0 Å². The third-order valence-corrected chi connectivity index (χ3v) is 3.64. The van der Waals surface area contributed by atoms with E-state index in [-0.39, 0.29) is 0 Å². The standard InChI is InChI=1S/C18H15N5O/c1-24-15-9-7-13(8-10-15)21-17-12-19-18-16(22-17)11-20-23(18)14-5-3-2-4-6-14/h2-12H,1H3,(H,21,22). The van der Waals surface area contributed by atoms with Crippen molar-refractivity contribution in [1.82, 2.24) is 19.7 Å². The zero-order chi connectivity index (χ0) is 16.4. The quantitative estimate of drug-likeness (QED) is 0.623. The van der Waals surface area contributed by atoms with Crippen LogP contribution >= 0.6 is 0 Å². The van der Waals surface area contributed by atoms with Gasteiger partial charge in [0.15, 0.2) is 5.65 Å². The number of fused-ring (bicyclic) bond motifs is 1. The van der Waals surface area contributed by atoms with Crippen LogP contribution in [-0.2, 0) is 0 Å². The second kappa shape index (κ2) is 6.00. The van der Waals surface area contributed by atoms with Crippen LogP contribution in [0.15, 0.2) is 67.0 Å². The number of hydrogen-bond acceptors (Lipinski definition) is 5. The maximum absolute atomic E-state index is 5.16. The fraction of sp³-hybridized carbons (Fsp3) is 0.0556. The van der Waals surface area contributed by atoms with Crippen molar-refractivity contribution in [2.24, 2.45) is 0 Å². The molecule has 6 nitrogen and oxygen atoms in total. The Hall–Kier alpha value is -3.41. The minimum atomic E-state index is 0.667. The summed E-state index contributed by atoms with van der Waals surface area (Å²) >= 11 is 0. The Kier molecular flexibility index (Phi) is 3.55. The Morgan fingerprint density at radius 1 is 0.958 bits per heavy atom. The Labute approximate surface area is 138 Å². The summed E-state index contributed by atoms with van der Waals surface area (Å²) in [6.45, 7) is 0. The second-order valence-corrected chi connectivity index (χ2v) is 5.21. The number of anilines is 2. The topological polar surface area (TPSA) is 64.9 Å². The first-order valence-electron chi connectivity index (χ1n) is 7.51. The van der Waals surface area contributed by atoms with Crippen LogP contribution < -0.4 is 10.1 Å². The van der Waals surface area contributed by atoms with Crippen molar-refractivity contribution < 1.29 is 4.74 Å². The Morgan fingerprint density at radius 3 is 2.50 bits per heavy atom. The molecule has 2 heterocycles. The van der Waals surface area contributed by atoms with Crippen molar-refractivity contribution in [1.29, 1.82) is 0 Å². The highest BCUT2D eigenvalue weighted by molar-refractivity contribution is 5.74. The van der Waals surface area contributed by atoms with Crippen LogP contribution in [0.3, 0.4) is 0 Å². The zero-order valence-corrected chi connectivity index (χ0v) is 13.0. The highest BCUT2D eigenvalue weighted by Crippen LogP contribution is 2.20. The second-order valence-electron chi connectivity index (χ2n) is 5.21. The Bertz CT molecular complexity index is 964. The van der Waals surface area contributed by atoms with E-state index in [0.29, 0.717) is 5.82 Å². The van der Waals surface area contributed by atoms with Crippen LogP contribution in [0.5, 0.6) is 5.75 Å². The van der Waals surface area contributed by atoms with E-state index in [1.165, 1.54) is 0 Å². The molecule has 4 rings (SSSR count). The number of benzene rings is 2. The van der Waals surface area contributed by atoms with Gasteiger partial charge in [0.05, 0.1) is 25.2 Å². The number of nitrogens with one attached hydrogen (secondary N) is 1. The largest absolute Gasteiger partial charge is 0.497 e. The molecule has 0 spiro atoms. The Morgan fingerprint density at radius 2 is 1.75 bits per heavy atom. The smallest absolute Gasteiger partial charge is 0.181 e. The van der Waals surface area contributed by atoms with Crippen molar-refractivity contribution in [2.45, 2.75) is 0 Å². The maximum Gasteiger partial charge on any atom is 0.181 e. The minimum Gasteiger partial charge on any atom is -0.497 e. The highest BCUT2D eigenvalue weighted by atomic mass is 16.5. The number of ether oxygens (including phenoxy) is 1. The Balaban J connectivity index is 1.64. The molecule has 0 saturated carbocycles. The first-order chi connectivity index (χ1) is 11.8. The number of rotatable bonds is 4. The lowest BCUT2D eigenvalue weighted by molar-refractivity contribution is 0.415. The molecule has 2 aromatic carbocycles. The minimum absolute atomic E-state index is 0.667. The zero-order valence-electron chi connectivity index (χ0n) is 13.0. The van der Waals surface area contributed by atoms with Gasteiger partial charge in [-0.05, 0) is 36.4 Å². The van der Waals surface area contributed by atoms with Crippen LogP contribution in [0.4, 0.5) is 11.5 Å². The lowest BCUT2D eigenvalue weighted by Gasteiger charge is -2.07. The molecule has 0 saturated heterocycles. The van der Waals surface area contributed by atoms with Gasteiger partial charge in [-0.25, -0.2) is 14.6 Å². The van der Waals surface area contributed by atoms with Gasteiger partial charge in [0, 0.05) is 5.69 Å². The lowest BCUT2D eigenvalue weighted by Crippen LogP contribution is -1.99. The molecule has 24 heavy (non-hydrogen) atoms. The third-order valence-electron chi connectivity index (χ3n) is 3.64. The molecule has 0 aliphatic carbocycles. The van der Waals surface area contributed by atoms with Crippen molar-refractivity contribution in [3.63, 3.8) is 0 Å². The molecule has 1 N–H and O–H groups in total. The van der Waals surface area contributed by atoms with E-state index >= 15 is 0 Å². The predicted octanol–water partition coefficient (Wildman–Crippen LogP) is 3.57. The molecule has 0 radical (unpaired) electrons. The van der Waals surface area contributed by atoms with Gasteiger partial charge in [-0.3, -0.25) is 0 Å². The van der Waals surface area contributed by atoms with E-state index in [1.807, 2.05) is 54.6 Å². The van der Waals surface area contributed by atoms with Crippen molar-refractivity contribution in [2.75, 3.05) is 12.4 Å². The van der Waals surface area contributed by atoms with Gasteiger partial charge in [-0.2, -0.15) is 5.10 Å². The summed E-state index contributed by atoms with van der Waals surface area (Å²) < 4.78 is 6.93. The fourth-order valence-corrected chi connectivity index (χ4v) is 2.45. The summed E-state index contributed by atoms with van der Waals surface area (Å²) in [5.74, 6) is 1.48. The highest BCUT2D eigenvalue weighted by Gasteiger charge is 2.08. The van der Waals surface area contributed by atoms with Crippen LogP contribution in [-0.4, -0.2) is 26.9 Å². The summed E-state index contributed by atoms with van der Waals surface area (Å²) in [4.78, 5) is 9.07. The first-order valence-corrected chi connectivity index (χ1v) is 7.51. The van der Waals surface area contributed by atoms with Gasteiger partial charge in [-0.15, -0.1) is 0 Å². The van der Waals surface area contributed by atoms with E-state index in [4.69, 9.17) is 4.74 Å². The van der Waals surface area contributed by atoms with Crippen LogP contribution in [0.1, 0.15) is 0 Å². The summed E-state index contributed by atoms with van der Waals surface area (Å²) in [6.07, 6.45) is 3.42. The average molecular weight is 317 g/mol. The van der Waals surface area contributed by atoms with Crippen molar-refractivity contribution in [3.05, 3.63) is 67.0 Å². The predicted molar refractivity (Wildman–Crippen MR) is 92.9 cm³/mol. The summed E-state index contributed by atoms with van der Waals surface area (Å²) in [7, 11) is 1.65. The molecule has 4 aromatic rings. The van der Waals surface area contributed by atoms with Crippen molar-refractivity contribution >= 4 is 22.7 Å². The van der Waals surface area contributed by atoms with E-state index in [2.05, 4.69) is 20.4 Å². The van der Waals surface area contributed by atoms with Gasteiger partial charge in [0.25, 0.3) is 0 Å². The van der Waals surface area contributed by atoms with E-state index in [1.54, 1.807) is 24.2 Å². The monoisotopic (exact) mass is 317 g/mol. The number of nitrogens with zero attached hydrogens (tertiary/aromatic N) is 4. The number of methoxy groups -OCH3 is 1. The molecular formula is C18H15N5O. The molecule has 0 amide bonds. The molecular weight excluding hydrogens is 302 g/mol. The van der Waals surface area contributed by atoms with Crippen LogP contribution in [0.25, 0.3) is 16.9 Å². The number of para-hydroxylation sites is 1. The third kappa shape index (κ3) is 2.65. The summed E-state index contributed by atoms with van der Waals surface area (Å²) in [5.41, 5.74) is 3.33. The van der Waals surface area contributed by atoms with Gasteiger partial charge in [0.1, 0.15) is 17.1 Å². The van der Waals surface area contributed by atoms with Gasteiger partial charge < -0.3 is 10.1 Å². The summed E-state index contributed by atoms with van der Waals surface area (Å²) in [5, 5.41) is 7.61. The number of hydrogen-bond donors (Lipinski definition) is 1. The SMILES string of the molecule is COc1ccc(Nc2cnc3c(cnn3-c3ccccc3)n2)cc1. The molecule has 0 atom stereocenters. The van der Waals surface area contributed by atoms with Gasteiger partial charge in [0.2, 0.25) is 0 Å². The lowest BCUT2D eigenvalue weighted by atomic mass is 10.3.